The van der Waals surface area contributed by atoms with Crippen molar-refractivity contribution in [1.29, 1.82) is 0 Å². The number of halogens is 1. The van der Waals surface area contributed by atoms with Crippen LogP contribution in [0.2, 0.25) is 0 Å². The standard InChI is InChI=1S/C15H21FN2O3/c16-13-4-2-1-3-12(13)14(19)11-17-6-5-15(20)18-7-9-21-10-8-18/h1-4,14,17,19H,5-11H2. The summed E-state index contributed by atoms with van der Waals surface area (Å²) in [4.78, 5) is 13.7. The van der Waals surface area contributed by atoms with E-state index in [1.54, 1.807) is 23.1 Å². The van der Waals surface area contributed by atoms with Crippen LogP contribution >= 0.6 is 0 Å². The normalized spacial score (nSPS) is 16.8. The molecular weight excluding hydrogens is 275 g/mol. The van der Waals surface area contributed by atoms with Crippen LogP contribution in [0, 0.1) is 5.82 Å². The molecule has 1 aromatic carbocycles. The number of carbonyl (C=O) groups excluding carboxylic acids is 1. The molecule has 2 rings (SSSR count). The van der Waals surface area contributed by atoms with Crippen molar-refractivity contribution >= 4 is 5.91 Å². The number of hydrogen-bond donors (Lipinski definition) is 2. The van der Waals surface area contributed by atoms with Crippen molar-refractivity contribution in [3.63, 3.8) is 0 Å². The zero-order chi connectivity index (χ0) is 15.1. The number of morpholine rings is 1. The van der Waals surface area contributed by atoms with Crippen LogP contribution in [0.5, 0.6) is 0 Å². The van der Waals surface area contributed by atoms with Gasteiger partial charge >= 0.3 is 0 Å². The smallest absolute Gasteiger partial charge is 0.224 e. The summed E-state index contributed by atoms with van der Waals surface area (Å²) in [6, 6.07) is 6.14. The minimum absolute atomic E-state index is 0.0752. The molecule has 1 aliphatic heterocycles. The summed E-state index contributed by atoms with van der Waals surface area (Å²) < 4.78 is 18.6. The number of carbonyl (C=O) groups is 1. The molecular formula is C15H21FN2O3. The summed E-state index contributed by atoms with van der Waals surface area (Å²) >= 11 is 0. The Hall–Kier alpha value is -1.50. The Morgan fingerprint density at radius 1 is 1.38 bits per heavy atom. The topological polar surface area (TPSA) is 61.8 Å². The Labute approximate surface area is 123 Å². The Balaban J connectivity index is 1.67. The number of benzene rings is 1. The highest BCUT2D eigenvalue weighted by Gasteiger charge is 2.16. The average molecular weight is 296 g/mol. The highest BCUT2D eigenvalue weighted by atomic mass is 19.1. The van der Waals surface area contributed by atoms with E-state index in [1.807, 2.05) is 0 Å². The molecule has 1 heterocycles. The lowest BCUT2D eigenvalue weighted by Gasteiger charge is -2.27. The van der Waals surface area contributed by atoms with E-state index in [0.29, 0.717) is 39.3 Å². The number of hydrogen-bond acceptors (Lipinski definition) is 4. The molecule has 1 unspecified atom stereocenters. The minimum Gasteiger partial charge on any atom is -0.387 e. The largest absolute Gasteiger partial charge is 0.387 e. The molecule has 0 saturated carbocycles. The van der Waals surface area contributed by atoms with Gasteiger partial charge in [0.2, 0.25) is 5.91 Å². The van der Waals surface area contributed by atoms with Gasteiger partial charge in [0.25, 0.3) is 0 Å². The lowest BCUT2D eigenvalue weighted by Crippen LogP contribution is -2.41. The third-order valence-corrected chi connectivity index (χ3v) is 3.48. The van der Waals surface area contributed by atoms with E-state index in [4.69, 9.17) is 4.74 Å². The molecule has 1 saturated heterocycles. The van der Waals surface area contributed by atoms with Gasteiger partial charge in [-0.1, -0.05) is 18.2 Å². The first-order valence-electron chi connectivity index (χ1n) is 7.17. The summed E-state index contributed by atoms with van der Waals surface area (Å²) in [5.41, 5.74) is 0.268. The summed E-state index contributed by atoms with van der Waals surface area (Å²) in [5, 5.41) is 12.9. The van der Waals surface area contributed by atoms with Gasteiger partial charge in [-0.25, -0.2) is 4.39 Å². The van der Waals surface area contributed by atoms with Crippen LogP contribution in [-0.2, 0) is 9.53 Å². The third-order valence-electron chi connectivity index (χ3n) is 3.48. The molecule has 116 valence electrons. The van der Waals surface area contributed by atoms with Crippen LogP contribution < -0.4 is 5.32 Å². The van der Waals surface area contributed by atoms with E-state index < -0.39 is 11.9 Å². The summed E-state index contributed by atoms with van der Waals surface area (Å²) in [7, 11) is 0. The van der Waals surface area contributed by atoms with E-state index in [9.17, 15) is 14.3 Å². The highest BCUT2D eigenvalue weighted by Crippen LogP contribution is 2.15. The van der Waals surface area contributed by atoms with Crippen LogP contribution in [-0.4, -0.2) is 55.3 Å². The molecule has 0 bridgehead atoms. The number of nitrogens with one attached hydrogen (secondary N) is 1. The van der Waals surface area contributed by atoms with Crippen molar-refractivity contribution in [2.45, 2.75) is 12.5 Å². The predicted molar refractivity (Wildman–Crippen MR) is 76.2 cm³/mol. The van der Waals surface area contributed by atoms with Gasteiger partial charge < -0.3 is 20.1 Å². The van der Waals surface area contributed by atoms with Gasteiger partial charge in [-0.3, -0.25) is 4.79 Å². The monoisotopic (exact) mass is 296 g/mol. The molecule has 0 aromatic heterocycles. The molecule has 0 radical (unpaired) electrons. The Bertz CT molecular complexity index is 464. The van der Waals surface area contributed by atoms with Crippen LogP contribution in [0.3, 0.4) is 0 Å². The molecule has 1 aliphatic rings. The van der Waals surface area contributed by atoms with E-state index >= 15 is 0 Å². The van der Waals surface area contributed by atoms with Gasteiger partial charge in [-0.15, -0.1) is 0 Å². The van der Waals surface area contributed by atoms with Crippen molar-refractivity contribution in [2.24, 2.45) is 0 Å². The van der Waals surface area contributed by atoms with Crippen LogP contribution in [0.1, 0.15) is 18.1 Å². The molecule has 5 nitrogen and oxygen atoms in total. The molecule has 0 aliphatic carbocycles. The Morgan fingerprint density at radius 2 is 2.10 bits per heavy atom. The van der Waals surface area contributed by atoms with Gasteiger partial charge in [0.15, 0.2) is 0 Å². The molecule has 1 atom stereocenters. The number of ether oxygens (including phenoxy) is 1. The van der Waals surface area contributed by atoms with Crippen molar-refractivity contribution < 1.29 is 19.0 Å². The molecule has 1 aromatic rings. The van der Waals surface area contributed by atoms with Crippen LogP contribution in [0.4, 0.5) is 4.39 Å². The summed E-state index contributed by atoms with van der Waals surface area (Å²) in [5.74, 6) is -0.345. The predicted octanol–water partition coefficient (Wildman–Crippen LogP) is 0.698. The zero-order valence-electron chi connectivity index (χ0n) is 11.9. The average Bonchev–Trinajstić information content (AvgIpc) is 2.52. The van der Waals surface area contributed by atoms with E-state index in [0.717, 1.165) is 0 Å². The number of nitrogens with zero attached hydrogens (tertiary/aromatic N) is 1. The zero-order valence-corrected chi connectivity index (χ0v) is 11.9. The van der Waals surface area contributed by atoms with Gasteiger partial charge in [0, 0.05) is 38.2 Å². The Morgan fingerprint density at radius 3 is 2.81 bits per heavy atom. The second-order valence-corrected chi connectivity index (χ2v) is 4.98. The minimum atomic E-state index is -0.912. The second-order valence-electron chi connectivity index (χ2n) is 4.98. The quantitative estimate of drug-likeness (QED) is 0.759. The van der Waals surface area contributed by atoms with Gasteiger partial charge in [-0.2, -0.15) is 0 Å². The molecule has 1 fully saturated rings. The van der Waals surface area contributed by atoms with Gasteiger partial charge in [0.05, 0.1) is 19.3 Å². The third kappa shape index (κ3) is 4.77. The molecule has 1 amide bonds. The fraction of sp³-hybridized carbons (Fsp3) is 0.533. The molecule has 21 heavy (non-hydrogen) atoms. The van der Waals surface area contributed by atoms with Crippen LogP contribution in [0.25, 0.3) is 0 Å². The van der Waals surface area contributed by atoms with Gasteiger partial charge in [0.1, 0.15) is 5.82 Å². The Kier molecular flexibility index (Phi) is 6.10. The van der Waals surface area contributed by atoms with E-state index in [-0.39, 0.29) is 18.0 Å². The maximum atomic E-state index is 13.5. The van der Waals surface area contributed by atoms with Crippen molar-refractivity contribution in [3.8, 4) is 0 Å². The van der Waals surface area contributed by atoms with E-state index in [1.165, 1.54) is 6.07 Å². The van der Waals surface area contributed by atoms with Crippen molar-refractivity contribution in [1.82, 2.24) is 10.2 Å². The maximum absolute atomic E-state index is 13.5. The number of amides is 1. The number of aliphatic hydroxyl groups excluding tert-OH is 1. The first-order chi connectivity index (χ1) is 10.2. The lowest BCUT2D eigenvalue weighted by molar-refractivity contribution is -0.135. The second kappa shape index (κ2) is 8.07. The fourth-order valence-corrected chi connectivity index (χ4v) is 2.26. The van der Waals surface area contributed by atoms with Crippen LogP contribution in [0.15, 0.2) is 24.3 Å². The van der Waals surface area contributed by atoms with E-state index in [2.05, 4.69) is 5.32 Å². The lowest BCUT2D eigenvalue weighted by atomic mass is 10.1. The maximum Gasteiger partial charge on any atom is 0.224 e. The van der Waals surface area contributed by atoms with Crippen molar-refractivity contribution in [3.05, 3.63) is 35.6 Å². The molecule has 0 spiro atoms. The molecule has 6 heteroatoms. The first kappa shape index (κ1) is 15.9. The summed E-state index contributed by atoms with van der Waals surface area (Å²) in [6.07, 6.45) is -0.547. The highest BCUT2D eigenvalue weighted by molar-refractivity contribution is 5.76. The SMILES string of the molecule is O=C(CCNCC(O)c1ccccc1F)N1CCOCC1. The first-order valence-corrected chi connectivity index (χ1v) is 7.17. The van der Waals surface area contributed by atoms with Crippen molar-refractivity contribution in [2.75, 3.05) is 39.4 Å². The molecule has 2 N–H and O–H groups in total. The fourth-order valence-electron chi connectivity index (χ4n) is 2.26. The number of aliphatic hydroxyl groups is 1. The van der Waals surface area contributed by atoms with Gasteiger partial charge in [-0.05, 0) is 6.07 Å². The number of rotatable bonds is 6. The summed E-state index contributed by atoms with van der Waals surface area (Å²) in [6.45, 7) is 3.13.